The van der Waals surface area contributed by atoms with Crippen LogP contribution in [0.2, 0.25) is 0 Å². The van der Waals surface area contributed by atoms with E-state index in [9.17, 15) is 8.78 Å². The molecule has 2 aromatic heterocycles. The summed E-state index contributed by atoms with van der Waals surface area (Å²) in [5.41, 5.74) is -1.30. The summed E-state index contributed by atoms with van der Waals surface area (Å²) in [5.74, 6) is -14.9. The van der Waals surface area contributed by atoms with E-state index >= 15 is 17.6 Å². The van der Waals surface area contributed by atoms with Gasteiger partial charge in [0.15, 0.2) is 0 Å². The predicted molar refractivity (Wildman–Crippen MR) is 161 cm³/mol. The number of thiophene rings is 2. The summed E-state index contributed by atoms with van der Waals surface area (Å²) < 4.78 is 102. The number of ether oxygens (including phenoxy) is 2. The minimum atomic E-state index is -5.65. The minimum absolute atomic E-state index is 0.406. The molecule has 4 nitrogen and oxygen atoms in total. The Morgan fingerprint density at radius 2 is 1.00 bits per heavy atom. The molecule has 0 N–H and O–H groups in total. The molecule has 12 heteroatoms. The molecule has 1 aliphatic carbocycles. The van der Waals surface area contributed by atoms with Crippen LogP contribution in [0.3, 0.4) is 0 Å². The highest BCUT2D eigenvalue weighted by Gasteiger charge is 2.80. The van der Waals surface area contributed by atoms with E-state index in [0.29, 0.717) is 43.5 Å². The molecule has 0 spiro atoms. The van der Waals surface area contributed by atoms with Gasteiger partial charge in [0.05, 0.1) is 14.2 Å². The monoisotopic (exact) mass is 634 g/mol. The summed E-state index contributed by atoms with van der Waals surface area (Å²) in [4.78, 5) is 8.78. The lowest BCUT2D eigenvalue weighted by Gasteiger charge is -2.25. The van der Waals surface area contributed by atoms with Gasteiger partial charge in [-0.25, -0.2) is 0 Å². The molecule has 0 amide bonds. The molecule has 0 atom stereocenters. The number of rotatable bonds is 8. The molecule has 1 aliphatic rings. The van der Waals surface area contributed by atoms with Gasteiger partial charge in [0.2, 0.25) is 0 Å². The molecule has 224 valence electrons. The molecular formula is C31H24F6N2O2S2. The third-order valence-electron chi connectivity index (χ3n) is 7.01. The molecule has 2 aromatic carbocycles. The number of halogens is 6. The molecule has 0 saturated heterocycles. The fourth-order valence-electron chi connectivity index (χ4n) is 4.97. The highest BCUT2D eigenvalue weighted by atomic mass is 32.1. The first-order valence-electron chi connectivity index (χ1n) is 12.7. The van der Waals surface area contributed by atoms with Gasteiger partial charge in [-0.3, -0.25) is 9.98 Å². The lowest BCUT2D eigenvalue weighted by molar-refractivity contribution is -0.254. The molecule has 0 unspecified atom stereocenters. The predicted octanol–water partition coefficient (Wildman–Crippen LogP) is 9.09. The van der Waals surface area contributed by atoms with Gasteiger partial charge >= 0.3 is 17.8 Å². The van der Waals surface area contributed by atoms with E-state index in [0.717, 1.165) is 22.7 Å². The molecule has 5 rings (SSSR count). The molecule has 0 fully saturated rings. The summed E-state index contributed by atoms with van der Waals surface area (Å²) in [7, 11) is 6.08. The normalized spacial score (nSPS) is 17.3. The number of nitrogens with zero attached hydrogens (tertiary/aromatic N) is 2. The first-order valence-corrected chi connectivity index (χ1v) is 14.4. The van der Waals surface area contributed by atoms with Crippen LogP contribution in [-0.4, -0.2) is 58.5 Å². The van der Waals surface area contributed by atoms with Crippen molar-refractivity contribution in [2.24, 2.45) is 9.98 Å². The van der Waals surface area contributed by atoms with Gasteiger partial charge in [0, 0.05) is 58.6 Å². The zero-order valence-electron chi connectivity index (χ0n) is 23.2. The molecule has 2 heterocycles. The Bertz CT molecular complexity index is 1650. The fourth-order valence-corrected chi connectivity index (χ4v) is 6.76. The Labute approximate surface area is 251 Å². The number of benzene rings is 2. The van der Waals surface area contributed by atoms with Crippen LogP contribution in [0.4, 0.5) is 26.3 Å². The van der Waals surface area contributed by atoms with Crippen molar-refractivity contribution in [1.82, 2.24) is 0 Å². The van der Waals surface area contributed by atoms with E-state index in [1.165, 1.54) is 37.1 Å². The topological polar surface area (TPSA) is 43.2 Å². The maximum absolute atomic E-state index is 15.4. The van der Waals surface area contributed by atoms with Gasteiger partial charge in [-0.2, -0.15) is 26.3 Å². The van der Waals surface area contributed by atoms with E-state index in [-0.39, 0.29) is 0 Å². The van der Waals surface area contributed by atoms with Crippen LogP contribution in [0.25, 0.3) is 32.0 Å². The van der Waals surface area contributed by atoms with E-state index < -0.39 is 40.0 Å². The Kier molecular flexibility index (Phi) is 8.03. The van der Waals surface area contributed by atoms with Crippen LogP contribution in [0.1, 0.15) is 22.3 Å². The standard InChI is InChI=1S/C31H24F6N2O2S2/c1-38-13-19-9-17(5-7-23(19)40-3)25-11-21(15-42-25)27-28(30(34,35)31(36,37)29(27,32)33)22-12-26(43-16-22)18-6-8-24(41-4)20(10-18)14-39-2/h5-16H,1-4H3. The summed E-state index contributed by atoms with van der Waals surface area (Å²) in [5, 5.41) is 2.39. The summed E-state index contributed by atoms with van der Waals surface area (Å²) in [6.07, 6.45) is 3.08. The number of hydrogen-bond acceptors (Lipinski definition) is 6. The first kappa shape index (κ1) is 30.6. The fraction of sp³-hybridized carbons (Fsp3) is 0.226. The van der Waals surface area contributed by atoms with Crippen LogP contribution in [0.15, 0.2) is 69.3 Å². The Balaban J connectivity index is 1.65. The van der Waals surface area contributed by atoms with Crippen molar-refractivity contribution in [3.8, 4) is 32.4 Å². The lowest BCUT2D eigenvalue weighted by Crippen LogP contribution is -2.48. The van der Waals surface area contributed by atoms with E-state index in [2.05, 4.69) is 9.98 Å². The second-order valence-electron chi connectivity index (χ2n) is 9.56. The van der Waals surface area contributed by atoms with Crippen molar-refractivity contribution in [3.63, 3.8) is 0 Å². The number of methoxy groups -OCH3 is 2. The van der Waals surface area contributed by atoms with Crippen LogP contribution >= 0.6 is 22.7 Å². The molecule has 0 aliphatic heterocycles. The van der Waals surface area contributed by atoms with Gasteiger partial charge in [-0.05, 0) is 81.5 Å². The number of hydrogen-bond donors (Lipinski definition) is 0. The van der Waals surface area contributed by atoms with Gasteiger partial charge in [0.25, 0.3) is 0 Å². The SMILES string of the molecule is CN=Cc1cc(-c2cc(C3=C(c4csc(-c5ccc(OC)c(C=NC)c5)c4)C(F)(F)C(F)(F)C3(F)F)cs2)ccc1OC. The quantitative estimate of drug-likeness (QED) is 0.143. The Morgan fingerprint density at radius 3 is 1.35 bits per heavy atom. The van der Waals surface area contributed by atoms with Gasteiger partial charge in [0.1, 0.15) is 11.5 Å². The van der Waals surface area contributed by atoms with Crippen molar-refractivity contribution in [2.75, 3.05) is 28.3 Å². The zero-order chi connectivity index (χ0) is 31.2. The van der Waals surface area contributed by atoms with Crippen LogP contribution in [0.5, 0.6) is 11.5 Å². The van der Waals surface area contributed by atoms with Gasteiger partial charge < -0.3 is 9.47 Å². The smallest absolute Gasteiger partial charge is 0.380 e. The highest BCUT2D eigenvalue weighted by molar-refractivity contribution is 7.14. The van der Waals surface area contributed by atoms with Crippen molar-refractivity contribution in [2.45, 2.75) is 17.8 Å². The number of alkyl halides is 6. The second-order valence-corrected chi connectivity index (χ2v) is 11.4. The molecule has 0 bridgehead atoms. The van der Waals surface area contributed by atoms with Crippen molar-refractivity contribution >= 4 is 46.2 Å². The average Bonchev–Trinajstić information content (AvgIpc) is 3.68. The van der Waals surface area contributed by atoms with Gasteiger partial charge in [-0.15, -0.1) is 22.7 Å². The summed E-state index contributed by atoms with van der Waals surface area (Å²) >= 11 is 1.95. The third-order valence-corrected chi connectivity index (χ3v) is 8.97. The van der Waals surface area contributed by atoms with E-state index in [4.69, 9.17) is 9.47 Å². The van der Waals surface area contributed by atoms with Crippen molar-refractivity contribution in [1.29, 1.82) is 0 Å². The molecule has 4 aromatic rings. The van der Waals surface area contributed by atoms with E-state index in [1.54, 1.807) is 62.9 Å². The van der Waals surface area contributed by atoms with Crippen molar-refractivity contribution < 1.29 is 35.8 Å². The Hall–Kier alpha value is -3.90. The average molecular weight is 635 g/mol. The van der Waals surface area contributed by atoms with E-state index in [1.807, 2.05) is 0 Å². The lowest BCUT2D eigenvalue weighted by atomic mass is 9.97. The maximum atomic E-state index is 15.4. The van der Waals surface area contributed by atoms with Crippen LogP contribution < -0.4 is 9.47 Å². The molecular weight excluding hydrogens is 610 g/mol. The minimum Gasteiger partial charge on any atom is -0.496 e. The molecule has 0 radical (unpaired) electrons. The first-order chi connectivity index (χ1) is 20.4. The van der Waals surface area contributed by atoms with Crippen LogP contribution in [-0.2, 0) is 0 Å². The summed E-state index contributed by atoms with van der Waals surface area (Å²) in [6, 6.07) is 12.4. The molecule has 0 saturated carbocycles. The van der Waals surface area contributed by atoms with Crippen LogP contribution in [0, 0.1) is 0 Å². The van der Waals surface area contributed by atoms with Gasteiger partial charge in [-0.1, -0.05) is 0 Å². The zero-order valence-corrected chi connectivity index (χ0v) is 24.9. The maximum Gasteiger partial charge on any atom is 0.380 e. The third kappa shape index (κ3) is 4.96. The van der Waals surface area contributed by atoms with Crippen molar-refractivity contribution in [3.05, 3.63) is 81.5 Å². The largest absolute Gasteiger partial charge is 0.496 e. The number of allylic oxidation sites excluding steroid dienone is 2. The summed E-state index contributed by atoms with van der Waals surface area (Å²) in [6.45, 7) is 0. The number of aliphatic imine (C=N–C) groups is 2. The molecule has 43 heavy (non-hydrogen) atoms. The Morgan fingerprint density at radius 1 is 0.605 bits per heavy atom. The second kappa shape index (κ2) is 11.3. The highest BCUT2D eigenvalue weighted by Crippen LogP contribution is 2.65.